The zero-order chi connectivity index (χ0) is 19.6. The zero-order valence-electron chi connectivity index (χ0n) is 16.2. The van der Waals surface area contributed by atoms with E-state index < -0.39 is 17.7 Å². The number of guanidine groups is 1. The number of esters is 1. The molecule has 0 aliphatic carbocycles. The van der Waals surface area contributed by atoms with Gasteiger partial charge in [0.2, 0.25) is 11.9 Å². The highest BCUT2D eigenvalue weighted by Gasteiger charge is 2.18. The lowest BCUT2D eigenvalue weighted by atomic mass is 10.1. The fourth-order valence-corrected chi connectivity index (χ4v) is 2.41. The molecule has 1 atom stereocenters. The van der Waals surface area contributed by atoms with Crippen molar-refractivity contribution in [2.45, 2.75) is 84.3 Å². The molecule has 0 spiro atoms. The van der Waals surface area contributed by atoms with E-state index in [0.29, 0.717) is 6.42 Å². The Morgan fingerprint density at radius 3 is 2.50 bits per heavy atom. The van der Waals surface area contributed by atoms with Gasteiger partial charge in [0.05, 0.1) is 6.10 Å². The molecule has 8 heteroatoms. The number of aliphatic imine (C=N–C) groups is 1. The minimum absolute atomic E-state index is 0.108. The highest BCUT2D eigenvalue weighted by Crippen LogP contribution is 2.11. The van der Waals surface area contributed by atoms with Crippen LogP contribution in [0.25, 0.3) is 0 Å². The van der Waals surface area contributed by atoms with Gasteiger partial charge >= 0.3 is 12.1 Å². The van der Waals surface area contributed by atoms with Crippen LogP contribution in [-0.4, -0.2) is 42.2 Å². The molecule has 1 fully saturated rings. The van der Waals surface area contributed by atoms with Crippen LogP contribution in [0.5, 0.6) is 0 Å². The normalized spacial score (nSPS) is 23.1. The molecule has 1 aliphatic rings. The van der Waals surface area contributed by atoms with Gasteiger partial charge in [-0.25, -0.2) is 4.79 Å². The van der Waals surface area contributed by atoms with Crippen LogP contribution in [0.15, 0.2) is 4.99 Å². The standard InChI is InChI=1S/C18H31N3O5/c1-13-10-8-6-5-7-9-11-14(22)20-16(19-12-15(23)25-13)21-17(24)26-18(2,3)4/h13H,5-12H2,1-4H3,(H2,19,20,21,22,24). The smallest absolute Gasteiger partial charge is 0.437 e. The van der Waals surface area contributed by atoms with Crippen LogP contribution in [0.2, 0.25) is 0 Å². The highest BCUT2D eigenvalue weighted by molar-refractivity contribution is 6.01. The molecule has 8 nitrogen and oxygen atoms in total. The van der Waals surface area contributed by atoms with Crippen molar-refractivity contribution in [1.82, 2.24) is 10.6 Å². The molecule has 0 radical (unpaired) electrons. The number of hydrogen-bond acceptors (Lipinski definition) is 5. The van der Waals surface area contributed by atoms with E-state index in [4.69, 9.17) is 9.47 Å². The van der Waals surface area contributed by atoms with Gasteiger partial charge in [-0.3, -0.25) is 14.9 Å². The summed E-state index contributed by atoms with van der Waals surface area (Å²) in [7, 11) is 0. The number of carbonyl (C=O) groups is 3. The summed E-state index contributed by atoms with van der Waals surface area (Å²) in [6.45, 7) is 6.80. The lowest BCUT2D eigenvalue weighted by molar-refractivity contribution is -0.147. The second-order valence-electron chi connectivity index (χ2n) is 7.45. The molecule has 1 rings (SSSR count). The average molecular weight is 369 g/mol. The first-order chi connectivity index (χ1) is 12.2. The van der Waals surface area contributed by atoms with Gasteiger partial charge in [0.25, 0.3) is 0 Å². The minimum Gasteiger partial charge on any atom is -0.461 e. The van der Waals surface area contributed by atoms with Crippen molar-refractivity contribution in [1.29, 1.82) is 0 Å². The number of cyclic esters (lactones) is 1. The molecule has 0 aromatic heterocycles. The minimum atomic E-state index is -0.847. The Morgan fingerprint density at radius 1 is 1.15 bits per heavy atom. The maximum Gasteiger partial charge on any atom is 0.437 e. The van der Waals surface area contributed by atoms with Crippen molar-refractivity contribution in [3.05, 3.63) is 0 Å². The predicted molar refractivity (Wildman–Crippen MR) is 97.7 cm³/mol. The number of amides is 2. The summed E-state index contributed by atoms with van der Waals surface area (Å²) < 4.78 is 10.4. The van der Waals surface area contributed by atoms with E-state index in [1.54, 1.807) is 20.8 Å². The molecule has 2 amide bonds. The molecule has 148 valence electrons. The maximum atomic E-state index is 12.0. The Bertz CT molecular complexity index is 525. The van der Waals surface area contributed by atoms with Crippen molar-refractivity contribution < 1.29 is 23.9 Å². The van der Waals surface area contributed by atoms with Crippen molar-refractivity contribution in [2.75, 3.05) is 6.54 Å². The molecule has 1 aliphatic heterocycles. The molecular formula is C18H31N3O5. The van der Waals surface area contributed by atoms with Crippen LogP contribution in [0.3, 0.4) is 0 Å². The van der Waals surface area contributed by atoms with Gasteiger partial charge in [-0.1, -0.05) is 19.3 Å². The maximum absolute atomic E-state index is 12.0. The van der Waals surface area contributed by atoms with Crippen LogP contribution >= 0.6 is 0 Å². The molecule has 1 saturated heterocycles. The molecule has 0 saturated carbocycles. The van der Waals surface area contributed by atoms with Crippen LogP contribution in [-0.2, 0) is 19.1 Å². The first kappa shape index (κ1) is 21.9. The van der Waals surface area contributed by atoms with Crippen LogP contribution in [0.4, 0.5) is 4.79 Å². The number of carbonyl (C=O) groups excluding carboxylic acids is 3. The Labute approximate surface area is 155 Å². The summed E-state index contributed by atoms with van der Waals surface area (Å²) in [5, 5.41) is 5.18. The molecule has 0 aromatic rings. The third kappa shape index (κ3) is 10.7. The van der Waals surface area contributed by atoms with Gasteiger partial charge in [-0.2, -0.15) is 0 Å². The number of ether oxygens (including phenoxy) is 2. The molecule has 26 heavy (non-hydrogen) atoms. The van der Waals surface area contributed by atoms with Crippen LogP contribution < -0.4 is 10.6 Å². The van der Waals surface area contributed by atoms with E-state index in [-0.39, 0.29) is 24.5 Å². The SMILES string of the molecule is CC1CCCCCCCC(=O)NC(=NC(=O)OC(C)(C)C)NCC(=O)O1. The predicted octanol–water partition coefficient (Wildman–Crippen LogP) is 2.66. The number of nitrogens with zero attached hydrogens (tertiary/aromatic N) is 1. The van der Waals surface area contributed by atoms with E-state index >= 15 is 0 Å². The molecule has 0 aromatic carbocycles. The van der Waals surface area contributed by atoms with Gasteiger partial charge in [0, 0.05) is 6.42 Å². The van der Waals surface area contributed by atoms with E-state index in [1.807, 2.05) is 6.92 Å². The quantitative estimate of drug-likeness (QED) is 0.636. The topological polar surface area (TPSA) is 106 Å². The van der Waals surface area contributed by atoms with E-state index in [9.17, 15) is 14.4 Å². The highest BCUT2D eigenvalue weighted by atomic mass is 16.6. The summed E-state index contributed by atoms with van der Waals surface area (Å²) in [5.41, 5.74) is -0.709. The van der Waals surface area contributed by atoms with E-state index in [0.717, 1.165) is 38.5 Å². The van der Waals surface area contributed by atoms with Gasteiger partial charge in [-0.15, -0.1) is 4.99 Å². The fourth-order valence-electron chi connectivity index (χ4n) is 2.41. The van der Waals surface area contributed by atoms with Crippen molar-refractivity contribution >= 4 is 23.9 Å². The summed E-state index contributed by atoms with van der Waals surface area (Å²) in [6, 6.07) is 0. The summed E-state index contributed by atoms with van der Waals surface area (Å²) >= 11 is 0. The molecule has 0 bridgehead atoms. The second-order valence-corrected chi connectivity index (χ2v) is 7.45. The van der Waals surface area contributed by atoms with Gasteiger partial charge in [-0.05, 0) is 47.0 Å². The van der Waals surface area contributed by atoms with Crippen molar-refractivity contribution in [3.63, 3.8) is 0 Å². The van der Waals surface area contributed by atoms with Gasteiger partial charge < -0.3 is 14.8 Å². The first-order valence-electron chi connectivity index (χ1n) is 9.20. The summed E-state index contributed by atoms with van der Waals surface area (Å²) in [4.78, 5) is 39.5. The molecule has 1 unspecified atom stereocenters. The lowest BCUT2D eigenvalue weighted by Gasteiger charge is -2.18. The van der Waals surface area contributed by atoms with E-state index in [2.05, 4.69) is 15.6 Å². The third-order valence-electron chi connectivity index (χ3n) is 3.60. The summed E-state index contributed by atoms with van der Waals surface area (Å²) in [5.74, 6) is -0.848. The average Bonchev–Trinajstić information content (AvgIpc) is 2.49. The lowest BCUT2D eigenvalue weighted by Crippen LogP contribution is -2.44. The van der Waals surface area contributed by atoms with Crippen LogP contribution in [0, 0.1) is 0 Å². The number of nitrogens with one attached hydrogen (secondary N) is 2. The third-order valence-corrected chi connectivity index (χ3v) is 3.60. The van der Waals surface area contributed by atoms with Crippen molar-refractivity contribution in [2.24, 2.45) is 4.99 Å². The Balaban J connectivity index is 2.78. The van der Waals surface area contributed by atoms with E-state index in [1.165, 1.54) is 0 Å². The summed E-state index contributed by atoms with van der Waals surface area (Å²) in [6.07, 6.45) is 4.90. The largest absolute Gasteiger partial charge is 0.461 e. The Morgan fingerprint density at radius 2 is 1.81 bits per heavy atom. The van der Waals surface area contributed by atoms with Crippen LogP contribution in [0.1, 0.15) is 72.6 Å². The molecule has 2 N–H and O–H groups in total. The number of hydrogen-bond donors (Lipinski definition) is 2. The monoisotopic (exact) mass is 369 g/mol. The molecule has 1 heterocycles. The Kier molecular flexibility index (Phi) is 9.09. The zero-order valence-corrected chi connectivity index (χ0v) is 16.2. The molecular weight excluding hydrogens is 338 g/mol. The van der Waals surface area contributed by atoms with Crippen molar-refractivity contribution in [3.8, 4) is 0 Å². The first-order valence-corrected chi connectivity index (χ1v) is 9.20. The second kappa shape index (κ2) is 10.8. The van der Waals surface area contributed by atoms with Gasteiger partial charge in [0.1, 0.15) is 12.1 Å². The number of rotatable bonds is 0. The Hall–Kier alpha value is -2.12. The fraction of sp³-hybridized carbons (Fsp3) is 0.778. The van der Waals surface area contributed by atoms with Gasteiger partial charge in [0.15, 0.2) is 0 Å².